The van der Waals surface area contributed by atoms with Gasteiger partial charge < -0.3 is 15.1 Å². The number of rotatable bonds is 9. The van der Waals surface area contributed by atoms with Gasteiger partial charge in [0.15, 0.2) is 0 Å². The molecule has 0 radical (unpaired) electrons. The number of nitrogens with zero attached hydrogens (tertiary/aromatic N) is 2. The van der Waals surface area contributed by atoms with Crippen molar-refractivity contribution in [1.29, 1.82) is 0 Å². The lowest BCUT2D eigenvalue weighted by Gasteiger charge is -2.31. The van der Waals surface area contributed by atoms with Crippen LogP contribution < -0.4 is 10.2 Å². The molecule has 6 heteroatoms. The Hall–Kier alpha value is -3.67. The second-order valence-electron chi connectivity index (χ2n) is 10.8. The number of benzene rings is 3. The van der Waals surface area contributed by atoms with Crippen molar-refractivity contribution in [3.8, 4) is 0 Å². The molecular weight excluding hydrogens is 474 g/mol. The van der Waals surface area contributed by atoms with Crippen LogP contribution in [0.4, 0.5) is 5.69 Å². The van der Waals surface area contributed by atoms with Crippen LogP contribution in [0.15, 0.2) is 60.7 Å². The summed E-state index contributed by atoms with van der Waals surface area (Å²) < 4.78 is 0. The summed E-state index contributed by atoms with van der Waals surface area (Å²) in [6, 6.07) is 19.5. The Morgan fingerprint density at radius 1 is 1.00 bits per heavy atom. The quantitative estimate of drug-likeness (QED) is 0.397. The number of hydrogen-bond acceptors (Lipinski definition) is 3. The highest BCUT2D eigenvalue weighted by molar-refractivity contribution is 6.25. The fourth-order valence-corrected chi connectivity index (χ4v) is 5.77. The molecule has 3 aromatic rings. The predicted molar refractivity (Wildman–Crippen MR) is 151 cm³/mol. The minimum Gasteiger partial charge on any atom is -0.352 e. The largest absolute Gasteiger partial charge is 0.352 e. The lowest BCUT2D eigenvalue weighted by molar-refractivity contribution is -0.141. The molecule has 1 N–H and O–H groups in total. The molecule has 0 saturated heterocycles. The number of anilines is 1. The van der Waals surface area contributed by atoms with Crippen LogP contribution in [0.2, 0.25) is 0 Å². The Bertz CT molecular complexity index is 1320. The second-order valence-corrected chi connectivity index (χ2v) is 10.8. The first kappa shape index (κ1) is 26.0. The molecule has 3 aromatic carbocycles. The van der Waals surface area contributed by atoms with E-state index in [0.29, 0.717) is 19.5 Å². The van der Waals surface area contributed by atoms with Crippen LogP contribution in [0.25, 0.3) is 10.8 Å². The molecule has 6 nitrogen and oxygen atoms in total. The Labute approximate surface area is 225 Å². The van der Waals surface area contributed by atoms with E-state index in [9.17, 15) is 14.4 Å². The van der Waals surface area contributed by atoms with Gasteiger partial charge in [-0.2, -0.15) is 0 Å². The highest BCUT2D eigenvalue weighted by Crippen LogP contribution is 2.37. The molecule has 1 aliphatic heterocycles. The van der Waals surface area contributed by atoms with E-state index in [1.165, 1.54) is 6.42 Å². The molecule has 1 aliphatic carbocycles. The summed E-state index contributed by atoms with van der Waals surface area (Å²) in [6.07, 6.45) is 6.29. The molecule has 198 valence electrons. The van der Waals surface area contributed by atoms with Gasteiger partial charge in [-0.3, -0.25) is 14.4 Å². The van der Waals surface area contributed by atoms with E-state index in [2.05, 4.69) is 5.32 Å². The van der Waals surface area contributed by atoms with Gasteiger partial charge in [0.05, 0.1) is 5.69 Å². The SMILES string of the molecule is Cc1ccc(CN(C(=O)CCCN2C(=O)c3cccc4cccc2c34)[C@@H](C)C(=O)NC2CCCCC2)cc1. The van der Waals surface area contributed by atoms with E-state index in [4.69, 9.17) is 0 Å². The van der Waals surface area contributed by atoms with Crippen molar-refractivity contribution in [3.63, 3.8) is 0 Å². The van der Waals surface area contributed by atoms with Crippen molar-refractivity contribution in [1.82, 2.24) is 10.2 Å². The first-order valence-corrected chi connectivity index (χ1v) is 13.9. The maximum absolute atomic E-state index is 13.6. The maximum atomic E-state index is 13.6. The van der Waals surface area contributed by atoms with Crippen molar-refractivity contribution in [2.24, 2.45) is 0 Å². The molecule has 0 unspecified atom stereocenters. The predicted octanol–water partition coefficient (Wildman–Crippen LogP) is 5.75. The van der Waals surface area contributed by atoms with Crippen molar-refractivity contribution in [2.45, 2.75) is 77.4 Å². The van der Waals surface area contributed by atoms with Crippen LogP contribution in [0, 0.1) is 6.92 Å². The molecule has 1 saturated carbocycles. The number of aryl methyl sites for hydroxylation is 1. The highest BCUT2D eigenvalue weighted by Gasteiger charge is 2.31. The van der Waals surface area contributed by atoms with Crippen molar-refractivity contribution >= 4 is 34.2 Å². The van der Waals surface area contributed by atoms with Gasteiger partial charge in [-0.05, 0) is 56.2 Å². The average Bonchev–Trinajstić information content (AvgIpc) is 3.21. The van der Waals surface area contributed by atoms with Gasteiger partial charge in [-0.15, -0.1) is 0 Å². The molecule has 0 bridgehead atoms. The fourth-order valence-electron chi connectivity index (χ4n) is 5.77. The molecule has 1 atom stereocenters. The van der Waals surface area contributed by atoms with Gasteiger partial charge in [-0.25, -0.2) is 0 Å². The number of nitrogens with one attached hydrogen (secondary N) is 1. The van der Waals surface area contributed by atoms with E-state index in [1.807, 2.05) is 74.5 Å². The van der Waals surface area contributed by atoms with Crippen LogP contribution >= 0.6 is 0 Å². The number of carbonyl (C=O) groups is 3. The standard InChI is InChI=1S/C32H37N3O3/c1-22-16-18-24(19-17-22)21-35(23(2)31(37)33-26-11-4-3-5-12-26)29(36)15-8-20-34-28-14-7-10-25-9-6-13-27(30(25)28)32(34)38/h6-7,9-10,13-14,16-19,23,26H,3-5,8,11-12,15,20-21H2,1-2H3,(H,33,37)/t23-/m0/s1. The Morgan fingerprint density at radius 2 is 1.71 bits per heavy atom. The van der Waals surface area contributed by atoms with Gasteiger partial charge in [0.1, 0.15) is 6.04 Å². The average molecular weight is 512 g/mol. The maximum Gasteiger partial charge on any atom is 0.258 e. The molecule has 5 rings (SSSR count). The smallest absolute Gasteiger partial charge is 0.258 e. The van der Waals surface area contributed by atoms with Gasteiger partial charge in [0, 0.05) is 36.5 Å². The summed E-state index contributed by atoms with van der Waals surface area (Å²) >= 11 is 0. The number of hydrogen-bond donors (Lipinski definition) is 1. The van der Waals surface area contributed by atoms with Crippen molar-refractivity contribution in [3.05, 3.63) is 77.4 Å². The molecule has 38 heavy (non-hydrogen) atoms. The minimum absolute atomic E-state index is 0.0130. The zero-order valence-electron chi connectivity index (χ0n) is 22.4. The van der Waals surface area contributed by atoms with E-state index < -0.39 is 6.04 Å². The lowest BCUT2D eigenvalue weighted by Crippen LogP contribution is -2.50. The number of amides is 3. The summed E-state index contributed by atoms with van der Waals surface area (Å²) in [5, 5.41) is 5.23. The summed E-state index contributed by atoms with van der Waals surface area (Å²) in [6.45, 7) is 4.70. The third-order valence-electron chi connectivity index (χ3n) is 8.01. The zero-order chi connectivity index (χ0) is 26.6. The lowest BCUT2D eigenvalue weighted by atomic mass is 9.95. The Morgan fingerprint density at radius 3 is 2.45 bits per heavy atom. The first-order valence-electron chi connectivity index (χ1n) is 13.9. The summed E-state index contributed by atoms with van der Waals surface area (Å²) in [5.74, 6) is -0.172. The summed E-state index contributed by atoms with van der Waals surface area (Å²) in [4.78, 5) is 43.4. The first-order chi connectivity index (χ1) is 18.4. The Kier molecular flexibility index (Phi) is 7.77. The monoisotopic (exact) mass is 511 g/mol. The second kappa shape index (κ2) is 11.4. The molecule has 3 amide bonds. The van der Waals surface area contributed by atoms with Crippen LogP contribution in [-0.4, -0.2) is 41.2 Å². The molecule has 1 fully saturated rings. The molecular formula is C32H37N3O3. The van der Waals surface area contributed by atoms with Gasteiger partial charge in [0.2, 0.25) is 11.8 Å². The topological polar surface area (TPSA) is 69.7 Å². The van der Waals surface area contributed by atoms with Crippen LogP contribution in [0.5, 0.6) is 0 Å². The third-order valence-corrected chi connectivity index (χ3v) is 8.01. The highest BCUT2D eigenvalue weighted by atomic mass is 16.2. The molecule has 2 aliphatic rings. The van der Waals surface area contributed by atoms with Gasteiger partial charge in [0.25, 0.3) is 5.91 Å². The number of carbonyl (C=O) groups excluding carboxylic acids is 3. The van der Waals surface area contributed by atoms with Gasteiger partial charge >= 0.3 is 0 Å². The Balaban J connectivity index is 1.26. The van der Waals surface area contributed by atoms with E-state index in [0.717, 1.165) is 58.8 Å². The summed E-state index contributed by atoms with van der Waals surface area (Å²) in [7, 11) is 0. The fraction of sp³-hybridized carbons (Fsp3) is 0.406. The summed E-state index contributed by atoms with van der Waals surface area (Å²) in [5.41, 5.74) is 3.78. The minimum atomic E-state index is -0.572. The van der Waals surface area contributed by atoms with Crippen LogP contribution in [-0.2, 0) is 16.1 Å². The molecule has 0 aromatic heterocycles. The van der Waals surface area contributed by atoms with Crippen LogP contribution in [0.3, 0.4) is 0 Å². The van der Waals surface area contributed by atoms with E-state index >= 15 is 0 Å². The van der Waals surface area contributed by atoms with E-state index in [1.54, 1.807) is 9.80 Å². The van der Waals surface area contributed by atoms with Gasteiger partial charge in [-0.1, -0.05) is 73.4 Å². The van der Waals surface area contributed by atoms with Crippen LogP contribution in [0.1, 0.15) is 73.4 Å². The zero-order valence-corrected chi connectivity index (χ0v) is 22.4. The molecule has 1 heterocycles. The van der Waals surface area contributed by atoms with Crippen molar-refractivity contribution < 1.29 is 14.4 Å². The van der Waals surface area contributed by atoms with E-state index in [-0.39, 0.29) is 30.2 Å². The normalized spacial score (nSPS) is 16.1. The molecule has 0 spiro atoms. The third kappa shape index (κ3) is 5.45. The van der Waals surface area contributed by atoms with Crippen molar-refractivity contribution in [2.75, 3.05) is 11.4 Å².